The average molecular weight is 200 g/mol. The van der Waals surface area contributed by atoms with Crippen LogP contribution in [0.4, 0.5) is 0 Å². The molecule has 3 unspecified atom stereocenters. The second kappa shape index (κ2) is 3.26. The minimum atomic E-state index is -0.884. The Kier molecular flexibility index (Phi) is 2.56. The number of hydrogen-bond donors (Lipinski definition) is 2. The van der Waals surface area contributed by atoms with E-state index in [-0.39, 0.29) is 12.3 Å². The maximum atomic E-state index is 10.9. The first kappa shape index (κ1) is 11.0. The van der Waals surface area contributed by atoms with Crippen molar-refractivity contribution in [1.29, 1.82) is 0 Å². The summed E-state index contributed by atoms with van der Waals surface area (Å²) in [6.45, 7) is 5.49. The molecule has 0 radical (unpaired) electrons. The van der Waals surface area contributed by atoms with Crippen molar-refractivity contribution in [3.63, 3.8) is 0 Å². The standard InChI is InChI=1S/C10H16O4/c1-5-6(8(11)12)4-7(9(13)14)10(5,2)3/h5-7H,4H2,1-3H3,(H,11,12)(H,13,14). The van der Waals surface area contributed by atoms with Crippen molar-refractivity contribution in [3.05, 3.63) is 0 Å². The molecule has 14 heavy (non-hydrogen) atoms. The molecule has 0 aromatic carbocycles. The van der Waals surface area contributed by atoms with Crippen molar-refractivity contribution in [2.75, 3.05) is 0 Å². The molecule has 0 saturated heterocycles. The minimum absolute atomic E-state index is 0.0962. The van der Waals surface area contributed by atoms with Crippen molar-refractivity contribution < 1.29 is 19.8 Å². The highest BCUT2D eigenvalue weighted by atomic mass is 16.4. The molecule has 0 amide bonds. The summed E-state index contributed by atoms with van der Waals surface area (Å²) in [4.78, 5) is 21.8. The first-order valence-electron chi connectivity index (χ1n) is 4.74. The average Bonchev–Trinajstić information content (AvgIpc) is 2.24. The quantitative estimate of drug-likeness (QED) is 0.707. The van der Waals surface area contributed by atoms with Crippen LogP contribution in [0, 0.1) is 23.2 Å². The minimum Gasteiger partial charge on any atom is -0.481 e. The van der Waals surface area contributed by atoms with Gasteiger partial charge in [-0.05, 0) is 17.8 Å². The molecule has 1 aliphatic carbocycles. The molecule has 3 atom stereocenters. The van der Waals surface area contributed by atoms with E-state index < -0.39 is 29.2 Å². The number of carboxylic acids is 2. The van der Waals surface area contributed by atoms with Crippen molar-refractivity contribution in [3.8, 4) is 0 Å². The van der Waals surface area contributed by atoms with E-state index in [0.29, 0.717) is 0 Å². The number of carboxylic acid groups (broad SMARTS) is 2. The molecule has 1 rings (SSSR count). The Morgan fingerprint density at radius 2 is 1.71 bits per heavy atom. The lowest BCUT2D eigenvalue weighted by molar-refractivity contribution is -0.145. The predicted molar refractivity (Wildman–Crippen MR) is 49.8 cm³/mol. The maximum Gasteiger partial charge on any atom is 0.307 e. The Morgan fingerprint density at radius 1 is 1.21 bits per heavy atom. The summed E-state index contributed by atoms with van der Waals surface area (Å²) in [5.74, 6) is -2.93. The molecule has 0 aliphatic heterocycles. The molecule has 0 heterocycles. The van der Waals surface area contributed by atoms with Gasteiger partial charge in [-0.25, -0.2) is 0 Å². The van der Waals surface area contributed by atoms with Gasteiger partial charge in [-0.1, -0.05) is 20.8 Å². The fraction of sp³-hybridized carbons (Fsp3) is 0.800. The summed E-state index contributed by atoms with van der Waals surface area (Å²) in [7, 11) is 0. The van der Waals surface area contributed by atoms with Gasteiger partial charge in [-0.15, -0.1) is 0 Å². The molecular formula is C10H16O4. The molecule has 80 valence electrons. The lowest BCUT2D eigenvalue weighted by atomic mass is 9.75. The van der Waals surface area contributed by atoms with Crippen LogP contribution in [-0.4, -0.2) is 22.2 Å². The fourth-order valence-electron chi connectivity index (χ4n) is 2.33. The number of hydrogen-bond acceptors (Lipinski definition) is 2. The smallest absolute Gasteiger partial charge is 0.307 e. The Labute approximate surface area is 82.9 Å². The van der Waals surface area contributed by atoms with Gasteiger partial charge in [0.15, 0.2) is 0 Å². The van der Waals surface area contributed by atoms with Gasteiger partial charge in [0.05, 0.1) is 11.8 Å². The second-order valence-corrected chi connectivity index (χ2v) is 4.68. The second-order valence-electron chi connectivity index (χ2n) is 4.68. The molecule has 0 aromatic heterocycles. The first-order valence-corrected chi connectivity index (χ1v) is 4.74. The number of aliphatic carboxylic acids is 2. The predicted octanol–water partition coefficient (Wildman–Crippen LogP) is 1.45. The molecule has 2 N–H and O–H groups in total. The van der Waals surface area contributed by atoms with Crippen LogP contribution in [0.5, 0.6) is 0 Å². The fourth-order valence-corrected chi connectivity index (χ4v) is 2.33. The van der Waals surface area contributed by atoms with Crippen LogP contribution < -0.4 is 0 Å². The molecular weight excluding hydrogens is 184 g/mol. The summed E-state index contributed by atoms with van der Waals surface area (Å²) in [6.07, 6.45) is 0.249. The van der Waals surface area contributed by atoms with Crippen molar-refractivity contribution >= 4 is 11.9 Å². The Morgan fingerprint density at radius 3 is 1.93 bits per heavy atom. The molecule has 4 nitrogen and oxygen atoms in total. The van der Waals surface area contributed by atoms with Gasteiger partial charge in [-0.3, -0.25) is 9.59 Å². The van der Waals surface area contributed by atoms with Crippen molar-refractivity contribution in [2.24, 2.45) is 23.2 Å². The van der Waals surface area contributed by atoms with Gasteiger partial charge in [0, 0.05) is 0 Å². The monoisotopic (exact) mass is 200 g/mol. The van der Waals surface area contributed by atoms with Crippen LogP contribution in [0.3, 0.4) is 0 Å². The molecule has 0 bridgehead atoms. The Bertz CT molecular complexity index is 269. The summed E-state index contributed by atoms with van der Waals surface area (Å²) in [5.41, 5.74) is -0.436. The van der Waals surface area contributed by atoms with Crippen LogP contribution in [-0.2, 0) is 9.59 Å². The summed E-state index contributed by atoms with van der Waals surface area (Å²) in [6, 6.07) is 0. The lowest BCUT2D eigenvalue weighted by Gasteiger charge is -2.29. The Balaban J connectivity index is 2.96. The summed E-state index contributed by atoms with van der Waals surface area (Å²) in [5, 5.41) is 17.9. The highest BCUT2D eigenvalue weighted by Crippen LogP contribution is 2.50. The van der Waals surface area contributed by atoms with Crippen LogP contribution in [0.15, 0.2) is 0 Å². The highest BCUT2D eigenvalue weighted by molar-refractivity contribution is 5.76. The van der Waals surface area contributed by atoms with E-state index in [1.165, 1.54) is 0 Å². The van der Waals surface area contributed by atoms with E-state index >= 15 is 0 Å². The zero-order valence-corrected chi connectivity index (χ0v) is 8.65. The van der Waals surface area contributed by atoms with Gasteiger partial charge in [0.2, 0.25) is 0 Å². The third-order valence-corrected chi connectivity index (χ3v) is 3.78. The van der Waals surface area contributed by atoms with Crippen LogP contribution in [0.1, 0.15) is 27.2 Å². The summed E-state index contributed by atoms with van der Waals surface area (Å²) < 4.78 is 0. The van der Waals surface area contributed by atoms with E-state index in [4.69, 9.17) is 10.2 Å². The van der Waals surface area contributed by atoms with Crippen molar-refractivity contribution in [2.45, 2.75) is 27.2 Å². The molecule has 1 fully saturated rings. The largest absolute Gasteiger partial charge is 0.481 e. The molecule has 0 spiro atoms. The first-order chi connectivity index (χ1) is 6.28. The van der Waals surface area contributed by atoms with Gasteiger partial charge in [0.25, 0.3) is 0 Å². The highest BCUT2D eigenvalue weighted by Gasteiger charge is 2.52. The number of carbonyl (C=O) groups is 2. The zero-order valence-electron chi connectivity index (χ0n) is 8.65. The van der Waals surface area contributed by atoms with E-state index in [9.17, 15) is 9.59 Å². The van der Waals surface area contributed by atoms with E-state index in [0.717, 1.165) is 0 Å². The van der Waals surface area contributed by atoms with E-state index in [1.54, 1.807) is 0 Å². The van der Waals surface area contributed by atoms with Gasteiger partial charge in [-0.2, -0.15) is 0 Å². The van der Waals surface area contributed by atoms with E-state index in [1.807, 2.05) is 20.8 Å². The Hall–Kier alpha value is -1.06. The molecule has 4 heteroatoms. The van der Waals surface area contributed by atoms with Crippen LogP contribution in [0.25, 0.3) is 0 Å². The van der Waals surface area contributed by atoms with E-state index in [2.05, 4.69) is 0 Å². The van der Waals surface area contributed by atoms with Crippen LogP contribution >= 0.6 is 0 Å². The third kappa shape index (κ3) is 1.49. The zero-order chi connectivity index (χ0) is 11.1. The van der Waals surface area contributed by atoms with Crippen LogP contribution in [0.2, 0.25) is 0 Å². The van der Waals surface area contributed by atoms with Crippen molar-refractivity contribution in [1.82, 2.24) is 0 Å². The topological polar surface area (TPSA) is 74.6 Å². The van der Waals surface area contributed by atoms with Gasteiger partial charge >= 0.3 is 11.9 Å². The SMILES string of the molecule is CC1C(C(=O)O)CC(C(=O)O)C1(C)C. The maximum absolute atomic E-state index is 10.9. The number of rotatable bonds is 2. The third-order valence-electron chi connectivity index (χ3n) is 3.78. The normalized spacial score (nSPS) is 35.5. The summed E-state index contributed by atoms with van der Waals surface area (Å²) >= 11 is 0. The molecule has 1 saturated carbocycles. The molecule has 0 aromatic rings. The van der Waals surface area contributed by atoms with Gasteiger partial charge in [0.1, 0.15) is 0 Å². The van der Waals surface area contributed by atoms with Gasteiger partial charge < -0.3 is 10.2 Å². The lowest BCUT2D eigenvalue weighted by Crippen LogP contribution is -2.30. The molecule has 1 aliphatic rings.